The maximum absolute atomic E-state index is 11.9. The Bertz CT molecular complexity index is 276. The van der Waals surface area contributed by atoms with Crippen LogP contribution in [0.5, 0.6) is 0 Å². The molecule has 5 heteroatoms. The van der Waals surface area contributed by atoms with Crippen LogP contribution in [-0.4, -0.2) is 43.4 Å². The van der Waals surface area contributed by atoms with Crippen LogP contribution in [0.1, 0.15) is 47.0 Å². The maximum atomic E-state index is 11.9. The fraction of sp³-hybridized carbons (Fsp3) is 0.857. The molecule has 1 unspecified atom stereocenters. The largest absolute Gasteiger partial charge is 0.353 e. The van der Waals surface area contributed by atoms with Gasteiger partial charge in [-0.15, -0.1) is 0 Å². The topological polar surface area (TPSA) is 70.2 Å². The molecule has 0 aromatic rings. The Morgan fingerprint density at radius 2 is 2.05 bits per heavy atom. The summed E-state index contributed by atoms with van der Waals surface area (Å²) in [5.74, 6) is 0.162. The van der Waals surface area contributed by atoms with E-state index in [-0.39, 0.29) is 31.2 Å². The Hall–Kier alpha value is -0.940. The van der Waals surface area contributed by atoms with Crippen molar-refractivity contribution >= 4 is 11.7 Å². The second kappa shape index (κ2) is 9.92. The van der Waals surface area contributed by atoms with E-state index in [1.165, 1.54) is 0 Å². The second-order valence-electron chi connectivity index (χ2n) is 4.68. The van der Waals surface area contributed by atoms with Gasteiger partial charge >= 0.3 is 0 Å². The first kappa shape index (κ1) is 18.1. The summed E-state index contributed by atoms with van der Waals surface area (Å²) in [4.78, 5) is 23.6. The molecular weight excluding hydrogens is 242 g/mol. The van der Waals surface area contributed by atoms with Gasteiger partial charge in [0, 0.05) is 13.0 Å². The summed E-state index contributed by atoms with van der Waals surface area (Å²) in [5, 5.41) is 9.18. The Labute approximate surface area is 116 Å². The van der Waals surface area contributed by atoms with E-state index in [4.69, 9.17) is 0 Å². The van der Waals surface area contributed by atoms with Gasteiger partial charge in [-0.1, -0.05) is 27.7 Å². The average Bonchev–Trinajstić information content (AvgIpc) is 2.43. The van der Waals surface area contributed by atoms with Gasteiger partial charge in [-0.2, -0.15) is 0 Å². The fourth-order valence-electron chi connectivity index (χ4n) is 2.19. The lowest BCUT2D eigenvalue weighted by molar-refractivity contribution is -0.124. The van der Waals surface area contributed by atoms with Crippen LogP contribution in [0.25, 0.3) is 0 Å². The molecule has 0 saturated carbocycles. The van der Waals surface area contributed by atoms with Gasteiger partial charge in [0.1, 0.15) is 0 Å². The van der Waals surface area contributed by atoms with Gasteiger partial charge in [0.15, 0.2) is 5.78 Å². The lowest BCUT2D eigenvalue weighted by Gasteiger charge is -2.24. The number of likely N-dealkylation sites (N-methyl/N-ethyl adjacent to an activating group) is 1. The molecule has 3 N–H and O–H groups in total. The highest BCUT2D eigenvalue weighted by atomic mass is 16.2. The number of piperidine rings is 1. The molecule has 0 aromatic heterocycles. The van der Waals surface area contributed by atoms with Crippen molar-refractivity contribution in [1.82, 2.24) is 16.0 Å². The third-order valence-electron chi connectivity index (χ3n) is 3.29. The molecule has 1 aliphatic heterocycles. The van der Waals surface area contributed by atoms with Gasteiger partial charge in [0.25, 0.3) is 0 Å². The molecule has 0 bridgehead atoms. The SMILES string of the molecule is C.CCN[C@@H](CNC(=O)C1CCCCN1)C(=O)CC. The monoisotopic (exact) mass is 271 g/mol. The Balaban J connectivity index is 0.00000324. The molecule has 1 saturated heterocycles. The highest BCUT2D eigenvalue weighted by Gasteiger charge is 2.22. The minimum Gasteiger partial charge on any atom is -0.353 e. The minimum atomic E-state index is -0.257. The van der Waals surface area contributed by atoms with Crippen LogP contribution in [0.2, 0.25) is 0 Å². The van der Waals surface area contributed by atoms with Crippen molar-refractivity contribution in [3.63, 3.8) is 0 Å². The molecule has 0 spiro atoms. The predicted molar refractivity (Wildman–Crippen MR) is 78.1 cm³/mol. The molecule has 1 rings (SSSR count). The molecule has 1 amide bonds. The van der Waals surface area contributed by atoms with Gasteiger partial charge in [-0.05, 0) is 25.9 Å². The van der Waals surface area contributed by atoms with Gasteiger partial charge in [0.2, 0.25) is 5.91 Å². The summed E-state index contributed by atoms with van der Waals surface area (Å²) in [5.41, 5.74) is 0. The third kappa shape index (κ3) is 6.16. The van der Waals surface area contributed by atoms with E-state index in [1.54, 1.807) is 0 Å². The number of hydrogen-bond acceptors (Lipinski definition) is 4. The number of Topliss-reactive ketones (excluding diaryl/α,β-unsaturated/α-hetero) is 1. The van der Waals surface area contributed by atoms with E-state index in [1.807, 2.05) is 13.8 Å². The van der Waals surface area contributed by atoms with Crippen LogP contribution in [0.4, 0.5) is 0 Å². The van der Waals surface area contributed by atoms with Crippen LogP contribution >= 0.6 is 0 Å². The first-order valence-corrected chi connectivity index (χ1v) is 6.96. The van der Waals surface area contributed by atoms with E-state index in [0.717, 1.165) is 32.4 Å². The van der Waals surface area contributed by atoms with Gasteiger partial charge < -0.3 is 16.0 Å². The van der Waals surface area contributed by atoms with Crippen LogP contribution in [0.15, 0.2) is 0 Å². The van der Waals surface area contributed by atoms with Crippen molar-refractivity contribution in [2.75, 3.05) is 19.6 Å². The van der Waals surface area contributed by atoms with Crippen LogP contribution in [-0.2, 0) is 9.59 Å². The van der Waals surface area contributed by atoms with Crippen LogP contribution in [0, 0.1) is 0 Å². The van der Waals surface area contributed by atoms with Crippen LogP contribution < -0.4 is 16.0 Å². The van der Waals surface area contributed by atoms with E-state index in [2.05, 4.69) is 16.0 Å². The number of carbonyl (C=O) groups excluding carboxylic acids is 2. The molecule has 1 aliphatic rings. The van der Waals surface area contributed by atoms with Crippen molar-refractivity contribution in [2.24, 2.45) is 0 Å². The Morgan fingerprint density at radius 3 is 2.58 bits per heavy atom. The highest BCUT2D eigenvalue weighted by Crippen LogP contribution is 2.06. The smallest absolute Gasteiger partial charge is 0.237 e. The molecule has 2 atom stereocenters. The number of hydrogen-bond donors (Lipinski definition) is 3. The van der Waals surface area contributed by atoms with Gasteiger partial charge in [-0.3, -0.25) is 9.59 Å². The molecule has 5 nitrogen and oxygen atoms in total. The van der Waals surface area contributed by atoms with Crippen LogP contribution in [0.3, 0.4) is 0 Å². The molecule has 19 heavy (non-hydrogen) atoms. The van der Waals surface area contributed by atoms with E-state index in [9.17, 15) is 9.59 Å². The standard InChI is InChI=1S/C13H25N3O2.CH4/c1-3-12(17)11(14-4-2)9-16-13(18)10-7-5-6-8-15-10;/h10-11,14-15H,3-9H2,1-2H3,(H,16,18);1H4/t10?,11-;/m0./s1. The predicted octanol–water partition coefficient (Wildman–Crippen LogP) is 0.838. The quantitative estimate of drug-likeness (QED) is 0.642. The third-order valence-corrected chi connectivity index (χ3v) is 3.29. The van der Waals surface area contributed by atoms with E-state index >= 15 is 0 Å². The number of carbonyl (C=O) groups is 2. The number of amides is 1. The molecule has 0 aliphatic carbocycles. The maximum Gasteiger partial charge on any atom is 0.237 e. The van der Waals surface area contributed by atoms with E-state index in [0.29, 0.717) is 13.0 Å². The van der Waals surface area contributed by atoms with Crippen molar-refractivity contribution in [2.45, 2.75) is 59.0 Å². The molecule has 0 radical (unpaired) electrons. The summed E-state index contributed by atoms with van der Waals surface area (Å²) in [6.45, 7) is 5.83. The zero-order valence-corrected chi connectivity index (χ0v) is 11.4. The Kier molecular flexibility index (Phi) is 9.43. The van der Waals surface area contributed by atoms with Crippen molar-refractivity contribution in [1.29, 1.82) is 0 Å². The highest BCUT2D eigenvalue weighted by molar-refractivity contribution is 5.86. The summed E-state index contributed by atoms with van der Waals surface area (Å²) in [6, 6.07) is -0.342. The lowest BCUT2D eigenvalue weighted by Crippen LogP contribution is -2.51. The van der Waals surface area contributed by atoms with Gasteiger partial charge in [0.05, 0.1) is 12.1 Å². The zero-order valence-electron chi connectivity index (χ0n) is 11.4. The van der Waals surface area contributed by atoms with Crippen molar-refractivity contribution < 1.29 is 9.59 Å². The summed E-state index contributed by atoms with van der Waals surface area (Å²) in [6.07, 6.45) is 3.61. The molecule has 1 heterocycles. The lowest BCUT2D eigenvalue weighted by atomic mass is 10.0. The summed E-state index contributed by atoms with van der Waals surface area (Å²) in [7, 11) is 0. The zero-order chi connectivity index (χ0) is 13.4. The van der Waals surface area contributed by atoms with Crippen molar-refractivity contribution in [3.05, 3.63) is 0 Å². The first-order chi connectivity index (χ1) is 8.69. The first-order valence-electron chi connectivity index (χ1n) is 6.96. The molecule has 0 aromatic carbocycles. The van der Waals surface area contributed by atoms with Crippen molar-refractivity contribution in [3.8, 4) is 0 Å². The van der Waals surface area contributed by atoms with Gasteiger partial charge in [-0.25, -0.2) is 0 Å². The number of nitrogens with one attached hydrogen (secondary N) is 3. The van der Waals surface area contributed by atoms with E-state index < -0.39 is 0 Å². The minimum absolute atomic E-state index is 0. The summed E-state index contributed by atoms with van der Waals surface area (Å²) >= 11 is 0. The molecule has 1 fully saturated rings. The normalized spacial score (nSPS) is 20.2. The number of ketones is 1. The fourth-order valence-corrected chi connectivity index (χ4v) is 2.19. The Morgan fingerprint density at radius 1 is 1.32 bits per heavy atom. The molecular formula is C14H29N3O2. The average molecular weight is 271 g/mol. The second-order valence-corrected chi connectivity index (χ2v) is 4.68. The summed E-state index contributed by atoms with van der Waals surface area (Å²) < 4.78 is 0. The molecule has 112 valence electrons. The number of rotatable bonds is 7.